The van der Waals surface area contributed by atoms with Gasteiger partial charge in [-0.2, -0.15) is 13.2 Å². The lowest BCUT2D eigenvalue weighted by Gasteiger charge is -2.11. The summed E-state index contributed by atoms with van der Waals surface area (Å²) in [4.78, 5) is 7.44. The van der Waals surface area contributed by atoms with Crippen LogP contribution in [-0.2, 0) is 12.6 Å². The van der Waals surface area contributed by atoms with E-state index >= 15 is 0 Å². The summed E-state index contributed by atoms with van der Waals surface area (Å²) in [5.74, 6) is 0.447. The van der Waals surface area contributed by atoms with Gasteiger partial charge in [-0.1, -0.05) is 6.92 Å². The standard InChI is InChI=1S/C11H16F3N3/c1-3-15-8(2)4-5-10-16-6-9(7-17-10)11(12,13)14/h6-8,15H,3-5H2,1-2H3/t8-/m0/s1. The molecule has 1 aromatic rings. The van der Waals surface area contributed by atoms with Crippen LogP contribution in [0.2, 0.25) is 0 Å². The molecule has 1 aromatic heterocycles. The Morgan fingerprint density at radius 1 is 1.29 bits per heavy atom. The van der Waals surface area contributed by atoms with Crippen LogP contribution in [0.25, 0.3) is 0 Å². The molecular formula is C11H16F3N3. The van der Waals surface area contributed by atoms with E-state index in [9.17, 15) is 13.2 Å². The molecule has 0 unspecified atom stereocenters. The average Bonchev–Trinajstić information content (AvgIpc) is 2.26. The van der Waals surface area contributed by atoms with Crippen LogP contribution in [0.5, 0.6) is 0 Å². The lowest BCUT2D eigenvalue weighted by molar-refractivity contribution is -0.138. The molecule has 0 radical (unpaired) electrons. The molecule has 17 heavy (non-hydrogen) atoms. The van der Waals surface area contributed by atoms with Crippen molar-refractivity contribution in [3.63, 3.8) is 0 Å². The van der Waals surface area contributed by atoms with Crippen molar-refractivity contribution in [2.24, 2.45) is 0 Å². The van der Waals surface area contributed by atoms with Gasteiger partial charge >= 0.3 is 6.18 Å². The third-order valence-electron chi connectivity index (χ3n) is 2.39. The highest BCUT2D eigenvalue weighted by atomic mass is 19.4. The van der Waals surface area contributed by atoms with Crippen molar-refractivity contribution in [1.82, 2.24) is 15.3 Å². The highest BCUT2D eigenvalue weighted by molar-refractivity contribution is 5.09. The molecule has 0 aliphatic rings. The Kier molecular flexibility index (Phi) is 4.86. The molecule has 6 heteroatoms. The molecule has 0 bridgehead atoms. The van der Waals surface area contributed by atoms with Gasteiger partial charge in [-0.3, -0.25) is 0 Å². The van der Waals surface area contributed by atoms with Gasteiger partial charge in [-0.15, -0.1) is 0 Å². The van der Waals surface area contributed by atoms with E-state index in [0.29, 0.717) is 18.3 Å². The zero-order chi connectivity index (χ0) is 12.9. The fourth-order valence-electron chi connectivity index (χ4n) is 1.43. The number of alkyl halides is 3. The number of halogens is 3. The first-order valence-electron chi connectivity index (χ1n) is 5.55. The number of rotatable bonds is 5. The summed E-state index contributed by atoms with van der Waals surface area (Å²) >= 11 is 0. The zero-order valence-corrected chi connectivity index (χ0v) is 9.88. The van der Waals surface area contributed by atoms with Crippen molar-refractivity contribution in [3.05, 3.63) is 23.8 Å². The fourth-order valence-corrected chi connectivity index (χ4v) is 1.43. The van der Waals surface area contributed by atoms with Crippen molar-refractivity contribution < 1.29 is 13.2 Å². The SMILES string of the molecule is CCN[C@@H](C)CCc1ncc(C(F)(F)F)cn1. The first-order chi connectivity index (χ1) is 7.93. The monoisotopic (exact) mass is 247 g/mol. The molecule has 0 aliphatic carbocycles. The largest absolute Gasteiger partial charge is 0.419 e. The van der Waals surface area contributed by atoms with Gasteiger partial charge in [0.05, 0.1) is 5.56 Å². The highest BCUT2D eigenvalue weighted by Crippen LogP contribution is 2.27. The Bertz CT molecular complexity index is 335. The summed E-state index contributed by atoms with van der Waals surface area (Å²) in [7, 11) is 0. The minimum atomic E-state index is -4.37. The average molecular weight is 247 g/mol. The normalized spacial score (nSPS) is 13.7. The van der Waals surface area contributed by atoms with Gasteiger partial charge in [0.15, 0.2) is 0 Å². The Morgan fingerprint density at radius 2 is 1.88 bits per heavy atom. The van der Waals surface area contributed by atoms with Crippen LogP contribution in [0.1, 0.15) is 31.7 Å². The number of nitrogens with one attached hydrogen (secondary N) is 1. The first-order valence-corrected chi connectivity index (χ1v) is 5.55. The van der Waals surface area contributed by atoms with Crippen molar-refractivity contribution in [2.75, 3.05) is 6.54 Å². The van der Waals surface area contributed by atoms with E-state index in [-0.39, 0.29) is 0 Å². The van der Waals surface area contributed by atoms with E-state index in [0.717, 1.165) is 25.4 Å². The second-order valence-corrected chi connectivity index (χ2v) is 3.88. The molecule has 1 heterocycles. The number of aromatic nitrogens is 2. The molecule has 0 saturated carbocycles. The van der Waals surface area contributed by atoms with Crippen LogP contribution in [0.3, 0.4) is 0 Å². The van der Waals surface area contributed by atoms with E-state index in [1.807, 2.05) is 13.8 Å². The summed E-state index contributed by atoms with van der Waals surface area (Å²) < 4.78 is 36.7. The fraction of sp³-hybridized carbons (Fsp3) is 0.636. The van der Waals surface area contributed by atoms with Crippen molar-refractivity contribution in [1.29, 1.82) is 0 Å². The second-order valence-electron chi connectivity index (χ2n) is 3.88. The lowest BCUT2D eigenvalue weighted by Crippen LogP contribution is -2.26. The summed E-state index contributed by atoms with van der Waals surface area (Å²) in [5, 5.41) is 3.22. The third kappa shape index (κ3) is 4.68. The van der Waals surface area contributed by atoms with Crippen LogP contribution in [0.15, 0.2) is 12.4 Å². The molecule has 3 nitrogen and oxygen atoms in total. The van der Waals surface area contributed by atoms with Crippen LogP contribution >= 0.6 is 0 Å². The van der Waals surface area contributed by atoms with Gasteiger partial charge in [-0.05, 0) is 19.9 Å². The van der Waals surface area contributed by atoms with Gasteiger partial charge < -0.3 is 5.32 Å². The molecule has 0 spiro atoms. The van der Waals surface area contributed by atoms with Crippen LogP contribution in [-0.4, -0.2) is 22.6 Å². The van der Waals surface area contributed by atoms with E-state index in [1.54, 1.807) is 0 Å². The van der Waals surface area contributed by atoms with Crippen molar-refractivity contribution in [2.45, 2.75) is 38.9 Å². The topological polar surface area (TPSA) is 37.8 Å². The Hall–Kier alpha value is -1.17. The Morgan fingerprint density at radius 3 is 2.35 bits per heavy atom. The third-order valence-corrected chi connectivity index (χ3v) is 2.39. The first kappa shape index (κ1) is 13.9. The molecular weight excluding hydrogens is 231 g/mol. The van der Waals surface area contributed by atoms with Crippen LogP contribution in [0.4, 0.5) is 13.2 Å². The van der Waals surface area contributed by atoms with Crippen molar-refractivity contribution in [3.8, 4) is 0 Å². The van der Waals surface area contributed by atoms with Gasteiger partial charge in [0.1, 0.15) is 5.82 Å². The summed E-state index contributed by atoms with van der Waals surface area (Å²) in [6.45, 7) is 4.90. The summed E-state index contributed by atoms with van der Waals surface area (Å²) in [6.07, 6.45) is -1.32. The maximum absolute atomic E-state index is 12.2. The van der Waals surface area contributed by atoms with E-state index in [2.05, 4.69) is 15.3 Å². The minimum Gasteiger partial charge on any atom is -0.315 e. The summed E-state index contributed by atoms with van der Waals surface area (Å²) in [5.41, 5.74) is -0.805. The predicted octanol–water partition coefficient (Wildman–Crippen LogP) is 2.43. The molecule has 0 fully saturated rings. The van der Waals surface area contributed by atoms with E-state index < -0.39 is 11.7 Å². The van der Waals surface area contributed by atoms with Gasteiger partial charge in [0, 0.05) is 24.9 Å². The molecule has 0 aliphatic heterocycles. The molecule has 1 rings (SSSR count). The molecule has 96 valence electrons. The van der Waals surface area contributed by atoms with E-state index in [1.165, 1.54) is 0 Å². The Balaban J connectivity index is 2.51. The van der Waals surface area contributed by atoms with Crippen LogP contribution in [0, 0.1) is 0 Å². The second kappa shape index (κ2) is 5.95. The van der Waals surface area contributed by atoms with Gasteiger partial charge in [0.25, 0.3) is 0 Å². The predicted molar refractivity (Wildman–Crippen MR) is 58.5 cm³/mol. The number of hydrogen-bond acceptors (Lipinski definition) is 3. The lowest BCUT2D eigenvalue weighted by atomic mass is 10.1. The van der Waals surface area contributed by atoms with Gasteiger partial charge in [0.2, 0.25) is 0 Å². The smallest absolute Gasteiger partial charge is 0.315 e. The minimum absolute atomic E-state index is 0.311. The molecule has 0 saturated heterocycles. The quantitative estimate of drug-likeness (QED) is 0.868. The number of aryl methyl sites for hydroxylation is 1. The van der Waals surface area contributed by atoms with Crippen LogP contribution < -0.4 is 5.32 Å². The highest BCUT2D eigenvalue weighted by Gasteiger charge is 2.31. The maximum Gasteiger partial charge on any atom is 0.419 e. The van der Waals surface area contributed by atoms with Gasteiger partial charge in [-0.25, -0.2) is 9.97 Å². The van der Waals surface area contributed by atoms with Crippen molar-refractivity contribution >= 4 is 0 Å². The molecule has 0 amide bonds. The number of hydrogen-bond donors (Lipinski definition) is 1. The Labute approximate surface area is 98.5 Å². The summed E-state index contributed by atoms with van der Waals surface area (Å²) in [6, 6.07) is 0.311. The molecule has 1 atom stereocenters. The number of nitrogens with zero attached hydrogens (tertiary/aromatic N) is 2. The zero-order valence-electron chi connectivity index (χ0n) is 9.88. The maximum atomic E-state index is 12.2. The molecule has 0 aromatic carbocycles. The molecule has 1 N–H and O–H groups in total. The van der Waals surface area contributed by atoms with E-state index in [4.69, 9.17) is 0 Å².